The van der Waals surface area contributed by atoms with Crippen LogP contribution < -0.4 is 11.1 Å². The second-order valence-electron chi connectivity index (χ2n) is 14.4. The summed E-state index contributed by atoms with van der Waals surface area (Å²) in [5, 5.41) is 2.91. The number of hydrogen-bond acceptors (Lipinski definition) is 11. The second kappa shape index (κ2) is 15.7. The van der Waals surface area contributed by atoms with E-state index in [2.05, 4.69) is 15.1 Å². The Kier molecular flexibility index (Phi) is 10.3. The van der Waals surface area contributed by atoms with Gasteiger partial charge in [0, 0.05) is 69.4 Å². The summed E-state index contributed by atoms with van der Waals surface area (Å²) in [6, 6.07) is 31.2. The summed E-state index contributed by atoms with van der Waals surface area (Å²) in [6.07, 6.45) is 0. The minimum atomic E-state index is -0.266. The molecule has 0 unspecified atom stereocenters. The predicted molar refractivity (Wildman–Crippen MR) is 209 cm³/mol. The van der Waals surface area contributed by atoms with Crippen molar-refractivity contribution in [3.8, 4) is 34.2 Å². The molecule has 12 heteroatoms. The number of hydrogen-bond donors (Lipinski definition) is 2. The third-order valence-corrected chi connectivity index (χ3v) is 9.59. The fourth-order valence-electron chi connectivity index (χ4n) is 7.05. The standard InChI is InChI=1S/C43H42N10O2/c1-27(2)42(54)28-17-34-25-52-21-30-7-3-11-36(46-30)38-13-5-9-32(48-38)23-53(24-33-10-6-14-39(49-33)37-12-4-8-31(22-52)47-37)26-35-18-29(43(55)45-16-15-44)20-41(51-35)40(19-28)50-34/h3-14,17-20,27H,15-16,21-26,44H2,1-2H3,(H,45,55). The fourth-order valence-corrected chi connectivity index (χ4v) is 7.05. The molecule has 6 aromatic rings. The Morgan fingerprint density at radius 2 is 0.909 bits per heavy atom. The summed E-state index contributed by atoms with van der Waals surface area (Å²) in [7, 11) is 0. The van der Waals surface area contributed by atoms with Crippen molar-refractivity contribution in [1.29, 1.82) is 0 Å². The van der Waals surface area contributed by atoms with Gasteiger partial charge in [0.25, 0.3) is 5.91 Å². The summed E-state index contributed by atoms with van der Waals surface area (Å²) >= 11 is 0. The predicted octanol–water partition coefficient (Wildman–Crippen LogP) is 5.62. The van der Waals surface area contributed by atoms with E-state index in [0.717, 1.165) is 45.6 Å². The first kappa shape index (κ1) is 35.9. The van der Waals surface area contributed by atoms with Gasteiger partial charge in [-0.3, -0.25) is 19.4 Å². The van der Waals surface area contributed by atoms with Crippen LogP contribution in [0.4, 0.5) is 0 Å². The molecule has 3 aliphatic rings. The van der Waals surface area contributed by atoms with Crippen molar-refractivity contribution < 1.29 is 9.59 Å². The summed E-state index contributed by atoms with van der Waals surface area (Å²) in [6.45, 7) is 7.01. The zero-order valence-corrected chi connectivity index (χ0v) is 30.9. The number of aromatic nitrogens is 6. The first-order valence-electron chi connectivity index (χ1n) is 18.6. The highest BCUT2D eigenvalue weighted by Gasteiger charge is 2.22. The number of pyridine rings is 6. The number of carbonyl (C=O) groups is 2. The molecule has 55 heavy (non-hydrogen) atoms. The van der Waals surface area contributed by atoms with Crippen LogP contribution in [-0.4, -0.2) is 64.5 Å². The number of amides is 1. The molecule has 0 atom stereocenters. The van der Waals surface area contributed by atoms with E-state index in [9.17, 15) is 9.59 Å². The van der Waals surface area contributed by atoms with Gasteiger partial charge in [-0.1, -0.05) is 38.1 Å². The topological polar surface area (TPSA) is 156 Å². The Morgan fingerprint density at radius 3 is 1.31 bits per heavy atom. The molecule has 14 bridgehead atoms. The van der Waals surface area contributed by atoms with Crippen LogP contribution in [0.15, 0.2) is 97.1 Å². The minimum absolute atomic E-state index is 0.00463. The van der Waals surface area contributed by atoms with Crippen LogP contribution in [0.25, 0.3) is 34.2 Å². The second-order valence-corrected chi connectivity index (χ2v) is 14.4. The van der Waals surface area contributed by atoms with E-state index in [4.69, 9.17) is 35.6 Å². The highest BCUT2D eigenvalue weighted by molar-refractivity contribution is 5.98. The normalized spacial score (nSPS) is 16.3. The zero-order valence-electron chi connectivity index (χ0n) is 30.9. The molecule has 0 saturated carbocycles. The first-order chi connectivity index (χ1) is 26.8. The number of nitrogens with zero attached hydrogens (tertiary/aromatic N) is 8. The van der Waals surface area contributed by atoms with Crippen molar-refractivity contribution in [2.75, 3.05) is 13.1 Å². The Bertz CT molecular complexity index is 2300. The Morgan fingerprint density at radius 1 is 0.545 bits per heavy atom. The summed E-state index contributed by atoms with van der Waals surface area (Å²) in [5.74, 6) is -0.510. The molecule has 0 aliphatic carbocycles. The molecule has 9 rings (SSSR count). The van der Waals surface area contributed by atoms with Gasteiger partial charge >= 0.3 is 0 Å². The van der Waals surface area contributed by atoms with Crippen LogP contribution in [0.2, 0.25) is 0 Å². The quantitative estimate of drug-likeness (QED) is 0.213. The maximum absolute atomic E-state index is 13.7. The Labute approximate surface area is 319 Å². The van der Waals surface area contributed by atoms with Gasteiger partial charge in [0.2, 0.25) is 0 Å². The summed E-state index contributed by atoms with van der Waals surface area (Å²) in [4.78, 5) is 62.3. The lowest BCUT2D eigenvalue weighted by molar-refractivity contribution is 0.0935. The molecular formula is C43H42N10O2. The molecular weight excluding hydrogens is 689 g/mol. The van der Waals surface area contributed by atoms with Gasteiger partial charge < -0.3 is 11.1 Å². The molecule has 0 spiro atoms. The van der Waals surface area contributed by atoms with Crippen LogP contribution in [0.1, 0.15) is 68.7 Å². The average Bonchev–Trinajstić information content (AvgIpc) is 3.19. The van der Waals surface area contributed by atoms with Gasteiger partial charge in [-0.2, -0.15) is 0 Å². The molecule has 9 heterocycles. The number of rotatable bonds is 5. The lowest BCUT2D eigenvalue weighted by atomic mass is 9.99. The fraction of sp³-hybridized carbons (Fsp3) is 0.256. The highest BCUT2D eigenvalue weighted by Crippen LogP contribution is 2.26. The third kappa shape index (κ3) is 8.36. The van der Waals surface area contributed by atoms with E-state index in [1.54, 1.807) is 12.1 Å². The highest BCUT2D eigenvalue weighted by atomic mass is 16.1. The summed E-state index contributed by atoms with van der Waals surface area (Å²) in [5.41, 5.74) is 15.6. The third-order valence-electron chi connectivity index (χ3n) is 9.59. The van der Waals surface area contributed by atoms with Gasteiger partial charge in [0.1, 0.15) is 0 Å². The first-order valence-corrected chi connectivity index (χ1v) is 18.6. The van der Waals surface area contributed by atoms with Crippen molar-refractivity contribution in [2.45, 2.75) is 53.1 Å². The molecule has 0 aromatic carbocycles. The van der Waals surface area contributed by atoms with E-state index in [1.165, 1.54) is 0 Å². The lowest BCUT2D eigenvalue weighted by Crippen LogP contribution is -2.29. The average molecular weight is 731 g/mol. The van der Waals surface area contributed by atoms with Crippen molar-refractivity contribution in [3.05, 3.63) is 142 Å². The van der Waals surface area contributed by atoms with Crippen molar-refractivity contribution in [2.24, 2.45) is 11.7 Å². The Balaban J connectivity index is 1.38. The molecule has 0 radical (unpaired) electrons. The van der Waals surface area contributed by atoms with Gasteiger partial charge in [-0.15, -0.1) is 0 Å². The number of Topliss-reactive ketones (excluding diaryl/α,β-unsaturated/α-hetero) is 1. The van der Waals surface area contributed by atoms with Gasteiger partial charge in [-0.25, -0.2) is 29.9 Å². The zero-order chi connectivity index (χ0) is 37.9. The van der Waals surface area contributed by atoms with Crippen molar-refractivity contribution >= 4 is 11.7 Å². The Hall–Kier alpha value is -6.08. The van der Waals surface area contributed by atoms with Crippen molar-refractivity contribution in [3.63, 3.8) is 0 Å². The molecule has 1 amide bonds. The molecule has 12 nitrogen and oxygen atoms in total. The number of carbonyl (C=O) groups excluding carboxylic acids is 2. The minimum Gasteiger partial charge on any atom is -0.351 e. The van der Waals surface area contributed by atoms with Crippen molar-refractivity contribution in [1.82, 2.24) is 45.0 Å². The smallest absolute Gasteiger partial charge is 0.251 e. The molecule has 6 aromatic heterocycles. The van der Waals surface area contributed by atoms with E-state index >= 15 is 0 Å². The molecule has 3 N–H and O–H groups in total. The molecule has 0 saturated heterocycles. The molecule has 0 fully saturated rings. The molecule has 276 valence electrons. The number of nitrogens with one attached hydrogen (secondary N) is 1. The van der Waals surface area contributed by atoms with Crippen LogP contribution in [0.3, 0.4) is 0 Å². The maximum Gasteiger partial charge on any atom is 0.251 e. The largest absolute Gasteiger partial charge is 0.351 e. The molecule has 3 aliphatic heterocycles. The lowest BCUT2D eigenvalue weighted by Gasteiger charge is -2.24. The number of ketones is 1. The van der Waals surface area contributed by atoms with E-state index in [0.29, 0.717) is 86.3 Å². The van der Waals surface area contributed by atoms with Gasteiger partial charge in [-0.05, 0) is 72.8 Å². The van der Waals surface area contributed by atoms with Gasteiger partial charge in [0.15, 0.2) is 5.78 Å². The van der Waals surface area contributed by atoms with E-state index in [1.807, 2.05) is 98.8 Å². The monoisotopic (exact) mass is 730 g/mol. The van der Waals surface area contributed by atoms with Crippen LogP contribution in [-0.2, 0) is 39.3 Å². The van der Waals surface area contributed by atoms with Crippen LogP contribution in [0.5, 0.6) is 0 Å². The van der Waals surface area contributed by atoms with Crippen LogP contribution in [0, 0.1) is 5.92 Å². The van der Waals surface area contributed by atoms with Gasteiger partial charge in [0.05, 0.1) is 68.3 Å². The van der Waals surface area contributed by atoms with E-state index < -0.39 is 0 Å². The maximum atomic E-state index is 13.7. The van der Waals surface area contributed by atoms with E-state index in [-0.39, 0.29) is 17.6 Å². The van der Waals surface area contributed by atoms with Crippen LogP contribution >= 0.6 is 0 Å². The number of nitrogens with two attached hydrogens (primary N) is 1. The summed E-state index contributed by atoms with van der Waals surface area (Å²) < 4.78 is 0. The SMILES string of the molecule is CC(C)C(=O)c1cc2nc(c1)-c1cc(C(=O)NCCN)cc(n1)CN1Cc3cccc(n3)-c3cccc(n3)CN(Cc3cccc(n3)-c3cccc(n3)C1)C2.